The molecule has 0 aliphatic rings. The van der Waals surface area contributed by atoms with Crippen molar-refractivity contribution in [2.75, 3.05) is 6.54 Å². The average Bonchev–Trinajstić information content (AvgIpc) is 2.60. The molecule has 8 heteroatoms. The van der Waals surface area contributed by atoms with E-state index in [0.29, 0.717) is 0 Å². The molecule has 1 amide bonds. The maximum Gasteiger partial charge on any atom is 0.407 e. The van der Waals surface area contributed by atoms with E-state index in [2.05, 4.69) is 10.3 Å². The first-order valence-electron chi connectivity index (χ1n) is 7.16. The lowest BCUT2D eigenvalue weighted by molar-refractivity contribution is 0.0182. The third kappa shape index (κ3) is 5.09. The number of hydrogen-bond acceptors (Lipinski definition) is 5. The summed E-state index contributed by atoms with van der Waals surface area (Å²) in [6.45, 7) is -0.133. The largest absolute Gasteiger partial charge is 0.445 e. The Morgan fingerprint density at radius 3 is 2.67 bits per heavy atom. The summed E-state index contributed by atoms with van der Waals surface area (Å²) in [6, 6.07) is 10.4. The van der Waals surface area contributed by atoms with Crippen molar-refractivity contribution in [3.05, 3.63) is 69.1 Å². The summed E-state index contributed by atoms with van der Waals surface area (Å²) in [5.74, 6) is 0. The number of aliphatic hydroxyl groups excluding tert-OH is 2. The molecule has 2 aromatic rings. The molecular formula is C16H17ClN2O5. The van der Waals surface area contributed by atoms with Crippen LogP contribution in [0.1, 0.15) is 17.2 Å². The number of pyridine rings is 1. The van der Waals surface area contributed by atoms with E-state index in [1.807, 2.05) is 30.3 Å². The summed E-state index contributed by atoms with van der Waals surface area (Å²) in [6.07, 6.45) is -2.09. The molecular weight excluding hydrogens is 336 g/mol. The number of ether oxygens (including phenoxy) is 1. The number of H-pyrrole nitrogens is 1. The van der Waals surface area contributed by atoms with Gasteiger partial charge in [-0.25, -0.2) is 4.79 Å². The molecule has 4 N–H and O–H groups in total. The molecule has 1 aromatic carbocycles. The molecule has 2 unspecified atom stereocenters. The Morgan fingerprint density at radius 2 is 2.00 bits per heavy atom. The smallest absolute Gasteiger partial charge is 0.407 e. The highest BCUT2D eigenvalue weighted by Gasteiger charge is 2.20. The van der Waals surface area contributed by atoms with Crippen molar-refractivity contribution in [3.8, 4) is 0 Å². The van der Waals surface area contributed by atoms with Crippen LogP contribution in [0, 0.1) is 0 Å². The Bertz CT molecular complexity index is 735. The number of halogens is 1. The van der Waals surface area contributed by atoms with Crippen LogP contribution in [0.4, 0.5) is 4.79 Å². The first-order valence-corrected chi connectivity index (χ1v) is 7.54. The molecule has 7 nitrogen and oxygen atoms in total. The van der Waals surface area contributed by atoms with Gasteiger partial charge in [0.05, 0.1) is 0 Å². The fourth-order valence-corrected chi connectivity index (χ4v) is 2.12. The van der Waals surface area contributed by atoms with E-state index >= 15 is 0 Å². The molecule has 1 heterocycles. The number of aliphatic hydroxyl groups is 2. The Labute approximate surface area is 142 Å². The predicted molar refractivity (Wildman–Crippen MR) is 87.7 cm³/mol. The summed E-state index contributed by atoms with van der Waals surface area (Å²) in [5.41, 5.74) is 0.562. The minimum absolute atomic E-state index is 0.0981. The number of carbonyl (C=O) groups excluding carboxylic acids is 1. The van der Waals surface area contributed by atoms with Gasteiger partial charge in [-0.2, -0.15) is 0 Å². The van der Waals surface area contributed by atoms with Crippen LogP contribution in [-0.4, -0.2) is 33.9 Å². The Hall–Kier alpha value is -2.35. The molecule has 0 spiro atoms. The average molecular weight is 353 g/mol. The topological polar surface area (TPSA) is 112 Å². The first-order chi connectivity index (χ1) is 11.5. The maximum atomic E-state index is 11.6. The van der Waals surface area contributed by atoms with Crippen LogP contribution in [0.2, 0.25) is 5.02 Å². The minimum Gasteiger partial charge on any atom is -0.445 e. The number of rotatable bonds is 6. The lowest BCUT2D eigenvalue weighted by Crippen LogP contribution is -2.36. The van der Waals surface area contributed by atoms with Crippen molar-refractivity contribution in [2.45, 2.75) is 18.8 Å². The highest BCUT2D eigenvalue weighted by molar-refractivity contribution is 6.30. The number of aromatic amines is 1. The Balaban J connectivity index is 1.81. The van der Waals surface area contributed by atoms with Crippen molar-refractivity contribution in [2.24, 2.45) is 0 Å². The van der Waals surface area contributed by atoms with Gasteiger partial charge in [0.1, 0.15) is 23.8 Å². The van der Waals surface area contributed by atoms with Crippen molar-refractivity contribution >= 4 is 17.7 Å². The minimum atomic E-state index is -1.33. The van der Waals surface area contributed by atoms with Gasteiger partial charge in [0.2, 0.25) is 0 Å². The normalized spacial score (nSPS) is 13.1. The molecule has 0 radical (unpaired) electrons. The van der Waals surface area contributed by atoms with Crippen LogP contribution in [-0.2, 0) is 11.3 Å². The van der Waals surface area contributed by atoms with Crippen molar-refractivity contribution in [3.63, 3.8) is 0 Å². The second-order valence-corrected chi connectivity index (χ2v) is 5.47. The fraction of sp³-hybridized carbons (Fsp3) is 0.250. The summed E-state index contributed by atoms with van der Waals surface area (Å²) in [7, 11) is 0. The van der Waals surface area contributed by atoms with Crippen molar-refractivity contribution in [1.82, 2.24) is 10.3 Å². The van der Waals surface area contributed by atoms with Crippen molar-refractivity contribution < 1.29 is 19.7 Å². The van der Waals surface area contributed by atoms with Crippen molar-refractivity contribution in [1.29, 1.82) is 0 Å². The lowest BCUT2D eigenvalue weighted by atomic mass is 10.1. The monoisotopic (exact) mass is 352 g/mol. The molecule has 128 valence electrons. The standard InChI is InChI=1S/C16H17ClN2O5/c17-12-6-11(7-18-15(12)22)14(21)13(20)8-19-16(23)24-9-10-4-2-1-3-5-10/h1-7,13-14,20-21H,8-9H2,(H,18,22)(H,19,23). The van der Waals surface area contributed by atoms with E-state index in [4.69, 9.17) is 16.3 Å². The van der Waals surface area contributed by atoms with Gasteiger partial charge in [-0.1, -0.05) is 41.9 Å². The molecule has 2 rings (SSSR count). The van der Waals surface area contributed by atoms with Gasteiger partial charge in [-0.05, 0) is 11.6 Å². The zero-order valence-corrected chi connectivity index (χ0v) is 13.4. The molecule has 0 fully saturated rings. The van der Waals surface area contributed by atoms with E-state index in [9.17, 15) is 19.8 Å². The number of nitrogens with one attached hydrogen (secondary N) is 2. The van der Waals surface area contributed by atoms with Crippen LogP contribution in [0.3, 0.4) is 0 Å². The summed E-state index contributed by atoms with van der Waals surface area (Å²) in [5, 5.41) is 22.2. The van der Waals surface area contributed by atoms with Gasteiger partial charge in [-0.3, -0.25) is 4.79 Å². The van der Waals surface area contributed by atoms with Gasteiger partial charge in [0, 0.05) is 18.3 Å². The van der Waals surface area contributed by atoms with Gasteiger partial charge in [-0.15, -0.1) is 0 Å². The molecule has 24 heavy (non-hydrogen) atoms. The van der Waals surface area contributed by atoms with Crippen LogP contribution < -0.4 is 10.9 Å². The lowest BCUT2D eigenvalue weighted by Gasteiger charge is -2.18. The molecule has 0 aliphatic heterocycles. The Kier molecular flexibility index (Phi) is 6.36. The summed E-state index contributed by atoms with van der Waals surface area (Å²) in [4.78, 5) is 25.1. The van der Waals surface area contributed by atoms with Crippen LogP contribution in [0.5, 0.6) is 0 Å². The number of hydrogen-bond donors (Lipinski definition) is 4. The van der Waals surface area contributed by atoms with Gasteiger partial charge < -0.3 is 25.3 Å². The van der Waals surface area contributed by atoms with Gasteiger partial charge in [0.15, 0.2) is 0 Å². The number of aromatic nitrogens is 1. The van der Waals surface area contributed by atoms with Crippen LogP contribution >= 0.6 is 11.6 Å². The number of benzene rings is 1. The highest BCUT2D eigenvalue weighted by atomic mass is 35.5. The van der Waals surface area contributed by atoms with E-state index in [1.54, 1.807) is 0 Å². The molecule has 0 saturated heterocycles. The third-order valence-electron chi connectivity index (χ3n) is 3.25. The van der Waals surface area contributed by atoms with E-state index < -0.39 is 23.9 Å². The summed E-state index contributed by atoms with van der Waals surface area (Å²) >= 11 is 5.66. The first kappa shape index (κ1) is 18.0. The molecule has 0 bridgehead atoms. The number of carbonyl (C=O) groups is 1. The van der Waals surface area contributed by atoms with Gasteiger partial charge >= 0.3 is 6.09 Å². The SMILES string of the molecule is O=C(NCC(O)C(O)c1c[nH]c(=O)c(Cl)c1)OCc1ccccc1. The van der Waals surface area contributed by atoms with Crippen LogP contribution in [0.25, 0.3) is 0 Å². The predicted octanol–water partition coefficient (Wildman–Crippen LogP) is 1.35. The van der Waals surface area contributed by atoms with Crippen LogP contribution in [0.15, 0.2) is 47.4 Å². The highest BCUT2D eigenvalue weighted by Crippen LogP contribution is 2.17. The number of alkyl carbamates (subject to hydrolysis) is 1. The maximum absolute atomic E-state index is 11.6. The Morgan fingerprint density at radius 1 is 1.29 bits per heavy atom. The molecule has 0 saturated carbocycles. The fourth-order valence-electron chi connectivity index (χ4n) is 1.94. The third-order valence-corrected chi connectivity index (χ3v) is 3.54. The quantitative estimate of drug-likeness (QED) is 0.627. The second kappa shape index (κ2) is 8.49. The zero-order chi connectivity index (χ0) is 17.5. The number of amides is 1. The zero-order valence-electron chi connectivity index (χ0n) is 12.6. The van der Waals surface area contributed by atoms with E-state index in [1.165, 1.54) is 12.3 Å². The van der Waals surface area contributed by atoms with E-state index in [-0.39, 0.29) is 23.7 Å². The molecule has 1 aromatic heterocycles. The second-order valence-electron chi connectivity index (χ2n) is 5.06. The van der Waals surface area contributed by atoms with E-state index in [0.717, 1.165) is 5.56 Å². The van der Waals surface area contributed by atoms with Gasteiger partial charge in [0.25, 0.3) is 5.56 Å². The molecule has 0 aliphatic carbocycles. The molecule has 2 atom stereocenters. The summed E-state index contributed by atoms with van der Waals surface area (Å²) < 4.78 is 4.99.